The maximum absolute atomic E-state index is 11.5. The zero-order chi connectivity index (χ0) is 13.7. The zero-order valence-corrected chi connectivity index (χ0v) is 9.63. The lowest BCUT2D eigenvalue weighted by molar-refractivity contribution is -0.384. The number of carbonyl (C=O) groups is 1. The summed E-state index contributed by atoms with van der Waals surface area (Å²) in [5.41, 5.74) is 3.17. The van der Waals surface area contributed by atoms with Gasteiger partial charge in [-0.15, -0.1) is 10.2 Å². The molecule has 1 amide bonds. The van der Waals surface area contributed by atoms with Crippen molar-refractivity contribution in [2.45, 2.75) is 0 Å². The highest BCUT2D eigenvalue weighted by molar-refractivity contribution is 5.97. The number of nitrogens with zero attached hydrogens (tertiary/aromatic N) is 4. The topological polar surface area (TPSA) is 103 Å². The molecule has 0 aliphatic carbocycles. The van der Waals surface area contributed by atoms with Gasteiger partial charge in [0.25, 0.3) is 11.6 Å². The first-order valence-corrected chi connectivity index (χ1v) is 5.23. The molecule has 0 spiro atoms. The standard InChI is InChI=1S/C11H9N5O3/c17-11(14-15-7-12-13-8-15)6-3-9-1-4-10(5-2-9)16(18)19/h1-8H,(H,14,17). The fourth-order valence-corrected chi connectivity index (χ4v) is 1.30. The number of carbonyl (C=O) groups excluding carboxylic acids is 1. The molecule has 0 radical (unpaired) electrons. The molecule has 1 heterocycles. The number of non-ortho nitro benzene ring substituents is 1. The highest BCUT2D eigenvalue weighted by Crippen LogP contribution is 2.12. The van der Waals surface area contributed by atoms with Gasteiger partial charge in [0.2, 0.25) is 0 Å². The van der Waals surface area contributed by atoms with Gasteiger partial charge in [-0.25, -0.2) is 4.68 Å². The number of rotatable bonds is 4. The van der Waals surface area contributed by atoms with Crippen LogP contribution in [0, 0.1) is 10.1 Å². The minimum absolute atomic E-state index is 0.00564. The molecule has 0 saturated carbocycles. The van der Waals surface area contributed by atoms with Crippen LogP contribution >= 0.6 is 0 Å². The number of hydrogen-bond acceptors (Lipinski definition) is 5. The van der Waals surface area contributed by atoms with Crippen molar-refractivity contribution in [3.05, 3.63) is 58.7 Å². The number of aromatic nitrogens is 3. The lowest BCUT2D eigenvalue weighted by atomic mass is 10.2. The van der Waals surface area contributed by atoms with Gasteiger partial charge in [0, 0.05) is 18.2 Å². The largest absolute Gasteiger partial charge is 0.269 e. The lowest BCUT2D eigenvalue weighted by Crippen LogP contribution is -2.18. The number of nitro groups is 1. The van der Waals surface area contributed by atoms with Crippen molar-refractivity contribution in [1.29, 1.82) is 0 Å². The van der Waals surface area contributed by atoms with E-state index in [1.165, 1.54) is 35.5 Å². The molecule has 0 fully saturated rings. The van der Waals surface area contributed by atoms with E-state index in [4.69, 9.17) is 0 Å². The molecule has 8 nitrogen and oxygen atoms in total. The Balaban J connectivity index is 1.98. The quantitative estimate of drug-likeness (QED) is 0.500. The Labute approximate surface area is 107 Å². The number of nitro benzene ring substituents is 1. The molecule has 1 aromatic carbocycles. The van der Waals surface area contributed by atoms with Gasteiger partial charge in [-0.05, 0) is 23.8 Å². The van der Waals surface area contributed by atoms with Gasteiger partial charge >= 0.3 is 0 Å². The summed E-state index contributed by atoms with van der Waals surface area (Å²) < 4.78 is 1.31. The molecule has 19 heavy (non-hydrogen) atoms. The van der Waals surface area contributed by atoms with Gasteiger partial charge in [-0.2, -0.15) is 0 Å². The van der Waals surface area contributed by atoms with Gasteiger partial charge < -0.3 is 0 Å². The number of benzene rings is 1. The minimum atomic E-state index is -0.480. The fourth-order valence-electron chi connectivity index (χ4n) is 1.30. The van der Waals surface area contributed by atoms with Crippen molar-refractivity contribution >= 4 is 17.7 Å². The van der Waals surface area contributed by atoms with Crippen LogP contribution in [0.25, 0.3) is 6.08 Å². The molecular formula is C11H9N5O3. The van der Waals surface area contributed by atoms with E-state index < -0.39 is 4.92 Å². The van der Waals surface area contributed by atoms with E-state index in [-0.39, 0.29) is 11.6 Å². The number of amides is 1. The van der Waals surface area contributed by atoms with Crippen LogP contribution in [0.15, 0.2) is 43.0 Å². The summed E-state index contributed by atoms with van der Waals surface area (Å²) in [5.74, 6) is -0.363. The molecule has 96 valence electrons. The van der Waals surface area contributed by atoms with E-state index in [0.717, 1.165) is 0 Å². The predicted molar refractivity (Wildman–Crippen MR) is 66.5 cm³/mol. The minimum Gasteiger partial charge on any atom is -0.268 e. The molecule has 2 aromatic rings. The van der Waals surface area contributed by atoms with Gasteiger partial charge in [-0.3, -0.25) is 20.3 Å². The van der Waals surface area contributed by atoms with E-state index in [1.54, 1.807) is 18.2 Å². The molecule has 2 rings (SSSR count). The third-order valence-corrected chi connectivity index (χ3v) is 2.19. The van der Waals surface area contributed by atoms with Crippen molar-refractivity contribution < 1.29 is 9.72 Å². The zero-order valence-electron chi connectivity index (χ0n) is 9.63. The second-order valence-electron chi connectivity index (χ2n) is 3.53. The van der Waals surface area contributed by atoms with Crippen LogP contribution in [0.1, 0.15) is 5.56 Å². The van der Waals surface area contributed by atoms with Crippen LogP contribution in [0.5, 0.6) is 0 Å². The maximum atomic E-state index is 11.5. The van der Waals surface area contributed by atoms with Crippen LogP contribution in [0.2, 0.25) is 0 Å². The highest BCUT2D eigenvalue weighted by atomic mass is 16.6. The Morgan fingerprint density at radius 2 is 1.89 bits per heavy atom. The molecule has 0 unspecified atom stereocenters. The van der Waals surface area contributed by atoms with Crippen LogP contribution in [0.3, 0.4) is 0 Å². The summed E-state index contributed by atoms with van der Waals surface area (Å²) in [6.45, 7) is 0. The summed E-state index contributed by atoms with van der Waals surface area (Å²) in [5, 5.41) is 17.5. The molecular weight excluding hydrogens is 250 g/mol. The smallest absolute Gasteiger partial charge is 0.268 e. The van der Waals surface area contributed by atoms with Gasteiger partial charge in [-0.1, -0.05) is 0 Å². The van der Waals surface area contributed by atoms with E-state index in [1.807, 2.05) is 0 Å². The average molecular weight is 259 g/mol. The Bertz CT molecular complexity index is 604. The summed E-state index contributed by atoms with van der Waals surface area (Å²) in [7, 11) is 0. The molecule has 1 aromatic heterocycles. The molecule has 1 N–H and O–H groups in total. The first-order valence-electron chi connectivity index (χ1n) is 5.23. The average Bonchev–Trinajstić information content (AvgIpc) is 2.89. The normalized spacial score (nSPS) is 10.5. The van der Waals surface area contributed by atoms with E-state index in [2.05, 4.69) is 15.6 Å². The second-order valence-corrected chi connectivity index (χ2v) is 3.53. The molecule has 8 heteroatoms. The van der Waals surface area contributed by atoms with Crippen molar-refractivity contribution in [2.75, 3.05) is 5.43 Å². The van der Waals surface area contributed by atoms with Crippen LogP contribution in [-0.2, 0) is 4.79 Å². The Morgan fingerprint density at radius 3 is 2.47 bits per heavy atom. The lowest BCUT2D eigenvalue weighted by Gasteiger charge is -1.99. The van der Waals surface area contributed by atoms with Crippen molar-refractivity contribution in [2.24, 2.45) is 0 Å². The first kappa shape index (κ1) is 12.4. The Kier molecular flexibility index (Phi) is 3.62. The molecule has 0 aliphatic heterocycles. The third kappa shape index (κ3) is 3.46. The van der Waals surface area contributed by atoms with Gasteiger partial charge in [0.1, 0.15) is 12.7 Å². The van der Waals surface area contributed by atoms with E-state index in [9.17, 15) is 14.9 Å². The third-order valence-electron chi connectivity index (χ3n) is 2.19. The summed E-state index contributed by atoms with van der Waals surface area (Å²) in [6, 6.07) is 5.86. The number of nitrogens with one attached hydrogen (secondary N) is 1. The molecule has 0 atom stereocenters. The summed E-state index contributed by atoms with van der Waals surface area (Å²) in [6.07, 6.45) is 5.54. The predicted octanol–water partition coefficient (Wildman–Crippen LogP) is 0.970. The monoisotopic (exact) mass is 259 g/mol. The second kappa shape index (κ2) is 5.54. The van der Waals surface area contributed by atoms with E-state index >= 15 is 0 Å². The molecule has 0 bridgehead atoms. The number of hydrogen-bond donors (Lipinski definition) is 1. The Hall–Kier alpha value is -3.03. The van der Waals surface area contributed by atoms with Crippen molar-refractivity contribution in [3.8, 4) is 0 Å². The summed E-state index contributed by atoms with van der Waals surface area (Å²) in [4.78, 5) is 21.5. The van der Waals surface area contributed by atoms with Crippen LogP contribution < -0.4 is 5.43 Å². The van der Waals surface area contributed by atoms with E-state index in [0.29, 0.717) is 5.56 Å². The molecule has 0 saturated heterocycles. The first-order chi connectivity index (χ1) is 9.15. The Morgan fingerprint density at radius 1 is 1.26 bits per heavy atom. The fraction of sp³-hybridized carbons (Fsp3) is 0. The molecule has 0 aliphatic rings. The van der Waals surface area contributed by atoms with Crippen molar-refractivity contribution in [1.82, 2.24) is 14.9 Å². The highest BCUT2D eigenvalue weighted by Gasteiger charge is 2.02. The maximum Gasteiger partial charge on any atom is 0.269 e. The SMILES string of the molecule is O=C(C=Cc1ccc([N+](=O)[O-])cc1)Nn1cnnc1. The van der Waals surface area contributed by atoms with Crippen LogP contribution in [-0.4, -0.2) is 25.7 Å². The van der Waals surface area contributed by atoms with Crippen LogP contribution in [0.4, 0.5) is 5.69 Å². The van der Waals surface area contributed by atoms with Gasteiger partial charge in [0.15, 0.2) is 0 Å². The summed E-state index contributed by atoms with van der Waals surface area (Å²) >= 11 is 0. The van der Waals surface area contributed by atoms with Crippen molar-refractivity contribution in [3.63, 3.8) is 0 Å². The van der Waals surface area contributed by atoms with Gasteiger partial charge in [0.05, 0.1) is 4.92 Å².